The van der Waals surface area contributed by atoms with Gasteiger partial charge < -0.3 is 5.11 Å². The summed E-state index contributed by atoms with van der Waals surface area (Å²) < 4.78 is 1.40. The number of hydrogen-bond acceptors (Lipinski definition) is 3. The van der Waals surface area contributed by atoms with E-state index in [0.717, 1.165) is 0 Å². The van der Waals surface area contributed by atoms with Gasteiger partial charge >= 0.3 is 5.97 Å². The number of rotatable bonds is 1. The minimum absolute atomic E-state index is 0.0808. The van der Waals surface area contributed by atoms with Crippen molar-refractivity contribution in [3.05, 3.63) is 58.5 Å². The van der Waals surface area contributed by atoms with Crippen LogP contribution in [0.25, 0.3) is 16.6 Å². The van der Waals surface area contributed by atoms with Crippen molar-refractivity contribution >= 4 is 22.5 Å². The molecule has 5 nitrogen and oxygen atoms in total. The SMILES string of the molecule is O=C(O)c1ccc2nc3ccccn3c(=O)c2c1. The lowest BCUT2D eigenvalue weighted by molar-refractivity contribution is 0.0697. The van der Waals surface area contributed by atoms with Crippen LogP contribution in [0.15, 0.2) is 47.4 Å². The molecule has 0 radical (unpaired) electrons. The van der Waals surface area contributed by atoms with E-state index in [9.17, 15) is 9.59 Å². The molecule has 18 heavy (non-hydrogen) atoms. The van der Waals surface area contributed by atoms with Gasteiger partial charge in [-0.05, 0) is 30.3 Å². The van der Waals surface area contributed by atoms with Gasteiger partial charge in [0.25, 0.3) is 5.56 Å². The van der Waals surface area contributed by atoms with Crippen LogP contribution in [0.3, 0.4) is 0 Å². The summed E-state index contributed by atoms with van der Waals surface area (Å²) in [6.07, 6.45) is 1.61. The maximum absolute atomic E-state index is 12.2. The van der Waals surface area contributed by atoms with Crippen molar-refractivity contribution in [2.75, 3.05) is 0 Å². The third kappa shape index (κ3) is 1.45. The number of fused-ring (bicyclic) bond motifs is 2. The maximum Gasteiger partial charge on any atom is 0.335 e. The van der Waals surface area contributed by atoms with E-state index in [1.165, 1.54) is 16.5 Å². The van der Waals surface area contributed by atoms with Gasteiger partial charge in [-0.25, -0.2) is 9.78 Å². The van der Waals surface area contributed by atoms with Crippen molar-refractivity contribution in [3.63, 3.8) is 0 Å². The van der Waals surface area contributed by atoms with E-state index < -0.39 is 5.97 Å². The summed E-state index contributed by atoms with van der Waals surface area (Å²) in [4.78, 5) is 27.4. The third-order valence-electron chi connectivity index (χ3n) is 2.77. The molecule has 0 saturated heterocycles. The molecule has 0 amide bonds. The van der Waals surface area contributed by atoms with Crippen LogP contribution < -0.4 is 5.56 Å². The number of pyridine rings is 1. The molecule has 0 aliphatic carbocycles. The Balaban J connectivity index is 2.49. The van der Waals surface area contributed by atoms with Gasteiger partial charge in [0.15, 0.2) is 0 Å². The number of aromatic nitrogens is 2. The molecule has 0 aliphatic heterocycles. The highest BCUT2D eigenvalue weighted by Gasteiger charge is 2.08. The first-order valence-electron chi connectivity index (χ1n) is 5.31. The number of aromatic carboxylic acids is 1. The number of carbonyl (C=O) groups is 1. The summed E-state index contributed by atoms with van der Waals surface area (Å²) in [6.45, 7) is 0. The Morgan fingerprint density at radius 1 is 1.22 bits per heavy atom. The first kappa shape index (κ1) is 10.5. The summed E-state index contributed by atoms with van der Waals surface area (Å²) in [7, 11) is 0. The molecular formula is C13H8N2O3. The average Bonchev–Trinajstić information content (AvgIpc) is 2.38. The van der Waals surface area contributed by atoms with E-state index >= 15 is 0 Å². The van der Waals surface area contributed by atoms with Gasteiger partial charge in [-0.15, -0.1) is 0 Å². The smallest absolute Gasteiger partial charge is 0.335 e. The fourth-order valence-corrected chi connectivity index (χ4v) is 1.89. The van der Waals surface area contributed by atoms with Crippen LogP contribution >= 0.6 is 0 Å². The first-order valence-corrected chi connectivity index (χ1v) is 5.31. The van der Waals surface area contributed by atoms with Crippen LogP contribution in [0, 0.1) is 0 Å². The monoisotopic (exact) mass is 240 g/mol. The molecule has 0 spiro atoms. The highest BCUT2D eigenvalue weighted by molar-refractivity contribution is 5.93. The highest BCUT2D eigenvalue weighted by atomic mass is 16.4. The molecule has 0 saturated carbocycles. The minimum atomic E-state index is -1.06. The van der Waals surface area contributed by atoms with Gasteiger partial charge in [0.2, 0.25) is 0 Å². The minimum Gasteiger partial charge on any atom is -0.478 e. The summed E-state index contributed by atoms with van der Waals surface area (Å²) in [6, 6.07) is 9.59. The number of carboxylic acids is 1. The van der Waals surface area contributed by atoms with E-state index in [4.69, 9.17) is 5.11 Å². The third-order valence-corrected chi connectivity index (χ3v) is 2.77. The predicted molar refractivity (Wildman–Crippen MR) is 65.9 cm³/mol. The molecule has 0 unspecified atom stereocenters. The maximum atomic E-state index is 12.2. The Hall–Kier alpha value is -2.69. The van der Waals surface area contributed by atoms with E-state index in [1.807, 2.05) is 0 Å². The van der Waals surface area contributed by atoms with Crippen LogP contribution in [-0.2, 0) is 0 Å². The summed E-state index contributed by atoms with van der Waals surface area (Å²) in [5.74, 6) is -1.06. The number of benzene rings is 1. The summed E-state index contributed by atoms with van der Waals surface area (Å²) in [5.41, 5.74) is 0.852. The second-order valence-electron chi connectivity index (χ2n) is 3.88. The molecule has 0 fully saturated rings. The normalized spacial score (nSPS) is 10.9. The fourth-order valence-electron chi connectivity index (χ4n) is 1.89. The zero-order valence-electron chi connectivity index (χ0n) is 9.20. The van der Waals surface area contributed by atoms with Crippen molar-refractivity contribution in [2.24, 2.45) is 0 Å². The van der Waals surface area contributed by atoms with Crippen molar-refractivity contribution in [3.8, 4) is 0 Å². The van der Waals surface area contributed by atoms with Crippen molar-refractivity contribution in [1.29, 1.82) is 0 Å². The molecule has 88 valence electrons. The van der Waals surface area contributed by atoms with Crippen LogP contribution in [0.1, 0.15) is 10.4 Å². The molecule has 5 heteroatoms. The second kappa shape index (κ2) is 3.66. The molecule has 0 bridgehead atoms. The quantitative estimate of drug-likeness (QED) is 0.655. The van der Waals surface area contributed by atoms with Crippen molar-refractivity contribution in [1.82, 2.24) is 9.38 Å². The molecule has 3 rings (SSSR count). The standard InChI is InChI=1S/C13H8N2O3/c16-12-9-7-8(13(17)18)4-5-10(9)14-11-3-1-2-6-15(11)12/h1-7H,(H,17,18). The van der Waals surface area contributed by atoms with Crippen LogP contribution in [0.5, 0.6) is 0 Å². The van der Waals surface area contributed by atoms with Crippen LogP contribution in [-0.4, -0.2) is 20.5 Å². The molecule has 2 aromatic heterocycles. The van der Waals surface area contributed by atoms with Crippen LogP contribution in [0.4, 0.5) is 0 Å². The van der Waals surface area contributed by atoms with Crippen LogP contribution in [0.2, 0.25) is 0 Å². The zero-order chi connectivity index (χ0) is 12.7. The van der Waals surface area contributed by atoms with Gasteiger partial charge in [-0.3, -0.25) is 9.20 Å². The highest BCUT2D eigenvalue weighted by Crippen LogP contribution is 2.12. The predicted octanol–water partition coefficient (Wildman–Crippen LogP) is 1.55. The molecule has 3 aromatic rings. The van der Waals surface area contributed by atoms with Crippen molar-refractivity contribution < 1.29 is 9.90 Å². The van der Waals surface area contributed by atoms with Gasteiger partial charge in [0.1, 0.15) is 5.65 Å². The Morgan fingerprint density at radius 2 is 2.06 bits per heavy atom. The lowest BCUT2D eigenvalue weighted by atomic mass is 10.1. The summed E-state index contributed by atoms with van der Waals surface area (Å²) in [5, 5.41) is 9.22. The van der Waals surface area contributed by atoms with E-state index in [2.05, 4.69) is 4.98 Å². The van der Waals surface area contributed by atoms with Gasteiger partial charge in [0, 0.05) is 6.20 Å². The lowest BCUT2D eigenvalue weighted by Gasteiger charge is -2.03. The number of hydrogen-bond donors (Lipinski definition) is 1. The van der Waals surface area contributed by atoms with E-state index in [-0.39, 0.29) is 11.1 Å². The molecule has 0 atom stereocenters. The Labute approximate surface area is 101 Å². The van der Waals surface area contributed by atoms with E-state index in [1.54, 1.807) is 30.5 Å². The summed E-state index contributed by atoms with van der Waals surface area (Å²) >= 11 is 0. The molecule has 2 heterocycles. The number of carboxylic acid groups (broad SMARTS) is 1. The lowest BCUT2D eigenvalue weighted by Crippen LogP contribution is -2.15. The molecular weight excluding hydrogens is 232 g/mol. The Bertz CT molecular complexity index is 836. The Kier molecular flexibility index (Phi) is 2.13. The van der Waals surface area contributed by atoms with Gasteiger partial charge in [0.05, 0.1) is 16.5 Å². The molecule has 1 aromatic carbocycles. The van der Waals surface area contributed by atoms with Gasteiger partial charge in [-0.2, -0.15) is 0 Å². The fraction of sp³-hybridized carbons (Fsp3) is 0. The first-order chi connectivity index (χ1) is 8.66. The van der Waals surface area contributed by atoms with E-state index in [0.29, 0.717) is 16.6 Å². The molecule has 0 aliphatic rings. The number of nitrogens with zero attached hydrogens (tertiary/aromatic N) is 2. The van der Waals surface area contributed by atoms with Gasteiger partial charge in [-0.1, -0.05) is 6.07 Å². The average molecular weight is 240 g/mol. The molecule has 1 N–H and O–H groups in total. The second-order valence-corrected chi connectivity index (χ2v) is 3.88. The van der Waals surface area contributed by atoms with Crippen molar-refractivity contribution in [2.45, 2.75) is 0 Å². The zero-order valence-corrected chi connectivity index (χ0v) is 9.20. The largest absolute Gasteiger partial charge is 0.478 e. The Morgan fingerprint density at radius 3 is 2.83 bits per heavy atom. The topological polar surface area (TPSA) is 71.7 Å².